The number of morpholine rings is 1. The molecule has 1 saturated heterocycles. The average Bonchev–Trinajstić information content (AvgIpc) is 3.36. The molecule has 8 heteroatoms. The molecule has 2 aromatic rings. The molecule has 0 aromatic carbocycles. The Morgan fingerprint density at radius 3 is 2.56 bits per heavy atom. The second kappa shape index (κ2) is 13.8. The topological polar surface area (TPSA) is 80.0 Å². The number of rotatable bonds is 16. The van der Waals surface area contributed by atoms with Gasteiger partial charge in [-0.1, -0.05) is 39.0 Å². The molecule has 1 aliphatic rings. The second-order valence-electron chi connectivity index (χ2n) is 10.4. The number of carbonyl (C=O) groups excluding carboxylic acids is 2. The molecule has 8 nitrogen and oxygen atoms in total. The number of unbranched alkanes of at least 4 members (excludes halogenated alkanes) is 5. The standard InChI is InChI=1S/C28H46N4O4/c1-5-6-7-8-9-10-12-29-27(34)28(4,21-32-23(2)19-26-25(32)20-24(3)36-26)31(22-33)14-11-13-30-15-17-35-18-16-30/h19-20,22H,5-18,21H2,1-4H3,(H,29,34). The van der Waals surface area contributed by atoms with Gasteiger partial charge in [-0.2, -0.15) is 0 Å². The Balaban J connectivity index is 1.71. The van der Waals surface area contributed by atoms with Crippen LogP contribution in [0, 0.1) is 13.8 Å². The smallest absolute Gasteiger partial charge is 0.247 e. The summed E-state index contributed by atoms with van der Waals surface area (Å²) < 4.78 is 13.4. The Hall–Kier alpha value is -2.32. The molecule has 2 amide bonds. The summed E-state index contributed by atoms with van der Waals surface area (Å²) in [5.41, 5.74) is 1.76. The van der Waals surface area contributed by atoms with Gasteiger partial charge in [-0.15, -0.1) is 0 Å². The first-order valence-electron chi connectivity index (χ1n) is 13.8. The minimum atomic E-state index is -1.02. The van der Waals surface area contributed by atoms with Crippen LogP contribution in [-0.4, -0.2) is 78.2 Å². The lowest BCUT2D eigenvalue weighted by Gasteiger charge is -2.39. The maximum Gasteiger partial charge on any atom is 0.247 e. The Labute approximate surface area is 216 Å². The normalized spacial score (nSPS) is 16.2. The number of furan rings is 1. The van der Waals surface area contributed by atoms with E-state index in [9.17, 15) is 9.59 Å². The molecule has 1 atom stereocenters. The monoisotopic (exact) mass is 502 g/mol. The van der Waals surface area contributed by atoms with Crippen molar-refractivity contribution in [2.75, 3.05) is 45.9 Å². The van der Waals surface area contributed by atoms with Gasteiger partial charge in [0.15, 0.2) is 5.58 Å². The molecule has 1 fully saturated rings. The minimum absolute atomic E-state index is 0.101. The molecule has 0 radical (unpaired) electrons. The van der Waals surface area contributed by atoms with E-state index in [-0.39, 0.29) is 5.91 Å². The molecule has 0 bridgehead atoms. The van der Waals surface area contributed by atoms with Gasteiger partial charge in [-0.25, -0.2) is 0 Å². The summed E-state index contributed by atoms with van der Waals surface area (Å²) in [6.45, 7) is 13.8. The second-order valence-corrected chi connectivity index (χ2v) is 10.4. The Morgan fingerprint density at radius 1 is 1.11 bits per heavy atom. The van der Waals surface area contributed by atoms with Crippen LogP contribution in [-0.2, 0) is 20.9 Å². The highest BCUT2D eigenvalue weighted by atomic mass is 16.5. The highest BCUT2D eigenvalue weighted by Crippen LogP contribution is 2.27. The van der Waals surface area contributed by atoms with Crippen LogP contribution in [0.15, 0.2) is 16.5 Å². The molecule has 1 unspecified atom stereocenters. The third kappa shape index (κ3) is 7.35. The average molecular weight is 503 g/mol. The van der Waals surface area contributed by atoms with E-state index >= 15 is 0 Å². The third-order valence-corrected chi connectivity index (χ3v) is 7.43. The third-order valence-electron chi connectivity index (χ3n) is 7.43. The first-order chi connectivity index (χ1) is 17.4. The Kier molecular flexibility index (Phi) is 10.9. The van der Waals surface area contributed by atoms with Crippen LogP contribution < -0.4 is 5.32 Å². The van der Waals surface area contributed by atoms with E-state index in [1.807, 2.05) is 32.9 Å². The Bertz CT molecular complexity index is 962. The van der Waals surface area contributed by atoms with Crippen molar-refractivity contribution in [3.63, 3.8) is 0 Å². The van der Waals surface area contributed by atoms with Gasteiger partial charge in [0.2, 0.25) is 12.3 Å². The lowest BCUT2D eigenvalue weighted by molar-refractivity contribution is -0.141. The number of nitrogens with zero attached hydrogens (tertiary/aromatic N) is 3. The van der Waals surface area contributed by atoms with Gasteiger partial charge in [0.1, 0.15) is 11.3 Å². The van der Waals surface area contributed by atoms with Crippen molar-refractivity contribution < 1.29 is 18.7 Å². The van der Waals surface area contributed by atoms with Gasteiger partial charge < -0.3 is 23.9 Å². The van der Waals surface area contributed by atoms with Gasteiger partial charge >= 0.3 is 0 Å². The summed E-state index contributed by atoms with van der Waals surface area (Å²) in [5.74, 6) is 0.733. The van der Waals surface area contributed by atoms with E-state index < -0.39 is 5.54 Å². The number of amides is 2. The molecule has 36 heavy (non-hydrogen) atoms. The molecule has 0 saturated carbocycles. The number of hydrogen-bond donors (Lipinski definition) is 1. The molecule has 1 N–H and O–H groups in total. The van der Waals surface area contributed by atoms with E-state index in [2.05, 4.69) is 21.7 Å². The molecule has 202 valence electrons. The lowest BCUT2D eigenvalue weighted by atomic mass is 9.97. The Morgan fingerprint density at radius 2 is 1.83 bits per heavy atom. The summed E-state index contributed by atoms with van der Waals surface area (Å²) >= 11 is 0. The number of ether oxygens (including phenoxy) is 1. The van der Waals surface area contributed by atoms with Crippen molar-refractivity contribution in [2.45, 2.75) is 84.7 Å². The number of aryl methyl sites for hydroxylation is 2. The number of hydrogen-bond acceptors (Lipinski definition) is 5. The fourth-order valence-electron chi connectivity index (χ4n) is 5.10. The minimum Gasteiger partial charge on any atom is -0.460 e. The van der Waals surface area contributed by atoms with Gasteiger partial charge in [0.05, 0.1) is 25.3 Å². The van der Waals surface area contributed by atoms with E-state index in [1.165, 1.54) is 25.7 Å². The fraction of sp³-hybridized carbons (Fsp3) is 0.714. The highest BCUT2D eigenvalue weighted by molar-refractivity contribution is 5.88. The van der Waals surface area contributed by atoms with Crippen LogP contribution in [0.1, 0.15) is 70.2 Å². The van der Waals surface area contributed by atoms with Crippen molar-refractivity contribution in [2.24, 2.45) is 0 Å². The number of fused-ring (bicyclic) bond motifs is 1. The zero-order chi connectivity index (χ0) is 26.0. The van der Waals surface area contributed by atoms with Crippen LogP contribution >= 0.6 is 0 Å². The summed E-state index contributed by atoms with van der Waals surface area (Å²) in [7, 11) is 0. The van der Waals surface area contributed by atoms with Crippen molar-refractivity contribution in [1.29, 1.82) is 0 Å². The van der Waals surface area contributed by atoms with Gasteiger partial charge in [-0.3, -0.25) is 14.5 Å². The first kappa shape index (κ1) is 28.3. The van der Waals surface area contributed by atoms with Gasteiger partial charge in [-0.05, 0) is 33.6 Å². The first-order valence-corrected chi connectivity index (χ1v) is 13.8. The van der Waals surface area contributed by atoms with Crippen molar-refractivity contribution in [3.05, 3.63) is 23.6 Å². The van der Waals surface area contributed by atoms with Crippen LogP contribution in [0.2, 0.25) is 0 Å². The van der Waals surface area contributed by atoms with Gasteiger partial charge in [0, 0.05) is 50.6 Å². The largest absolute Gasteiger partial charge is 0.460 e. The van der Waals surface area contributed by atoms with Crippen LogP contribution in [0.4, 0.5) is 0 Å². The molecule has 3 heterocycles. The maximum atomic E-state index is 13.7. The molecule has 2 aromatic heterocycles. The molecule has 1 aliphatic heterocycles. The van der Waals surface area contributed by atoms with Crippen molar-refractivity contribution >= 4 is 23.4 Å². The summed E-state index contributed by atoms with van der Waals surface area (Å²) in [6, 6.07) is 4.00. The van der Waals surface area contributed by atoms with E-state index in [4.69, 9.17) is 9.15 Å². The zero-order valence-corrected chi connectivity index (χ0v) is 22.8. The number of carbonyl (C=O) groups is 2. The number of aromatic nitrogens is 1. The predicted octanol–water partition coefficient (Wildman–Crippen LogP) is 4.27. The maximum absolute atomic E-state index is 13.7. The van der Waals surface area contributed by atoms with E-state index in [0.717, 1.165) is 81.1 Å². The van der Waals surface area contributed by atoms with Crippen molar-refractivity contribution in [1.82, 2.24) is 19.7 Å². The van der Waals surface area contributed by atoms with E-state index in [1.54, 1.807) is 4.90 Å². The fourth-order valence-corrected chi connectivity index (χ4v) is 5.10. The summed E-state index contributed by atoms with van der Waals surface area (Å²) in [4.78, 5) is 30.1. The highest BCUT2D eigenvalue weighted by Gasteiger charge is 2.40. The molecule has 3 rings (SSSR count). The summed E-state index contributed by atoms with van der Waals surface area (Å²) in [6.07, 6.45) is 8.66. The summed E-state index contributed by atoms with van der Waals surface area (Å²) in [5, 5.41) is 3.15. The zero-order valence-electron chi connectivity index (χ0n) is 22.8. The SMILES string of the molecule is CCCCCCCCNC(=O)C(C)(Cn1c(C)cc2oc(C)cc21)N(C=O)CCCN1CCOCC1. The van der Waals surface area contributed by atoms with Crippen molar-refractivity contribution in [3.8, 4) is 0 Å². The lowest BCUT2D eigenvalue weighted by Crippen LogP contribution is -2.59. The quantitative estimate of drug-likeness (QED) is 0.274. The molecule has 0 spiro atoms. The van der Waals surface area contributed by atoms with E-state index in [0.29, 0.717) is 19.6 Å². The molecular weight excluding hydrogens is 456 g/mol. The molecule has 0 aliphatic carbocycles. The molecular formula is C28H46N4O4. The van der Waals surface area contributed by atoms with Crippen LogP contribution in [0.5, 0.6) is 0 Å². The van der Waals surface area contributed by atoms with Crippen LogP contribution in [0.25, 0.3) is 11.1 Å². The predicted molar refractivity (Wildman–Crippen MR) is 143 cm³/mol. The number of nitrogens with one attached hydrogen (secondary N) is 1. The van der Waals surface area contributed by atoms with Crippen LogP contribution in [0.3, 0.4) is 0 Å². The van der Waals surface area contributed by atoms with Gasteiger partial charge in [0.25, 0.3) is 0 Å².